The van der Waals surface area contributed by atoms with Crippen LogP contribution < -0.4 is 10.4 Å². The van der Waals surface area contributed by atoms with Gasteiger partial charge in [0.15, 0.2) is 0 Å². The molecule has 0 aliphatic carbocycles. The summed E-state index contributed by atoms with van der Waals surface area (Å²) in [4.78, 5) is 25.7. The van der Waals surface area contributed by atoms with Gasteiger partial charge in [-0.25, -0.2) is 4.79 Å². The second-order valence-corrected chi connectivity index (χ2v) is 12.2. The van der Waals surface area contributed by atoms with Gasteiger partial charge in [0.1, 0.15) is 30.0 Å². The van der Waals surface area contributed by atoms with Gasteiger partial charge in [-0.1, -0.05) is 58.9 Å². The van der Waals surface area contributed by atoms with E-state index in [1.54, 1.807) is 19.1 Å². The molecular weight excluding hydrogens is 521 g/mol. The molecule has 0 radical (unpaired) electrons. The van der Waals surface area contributed by atoms with Crippen LogP contribution in [0.2, 0.25) is 0 Å². The first-order valence-electron chi connectivity index (χ1n) is 13.5. The van der Waals surface area contributed by atoms with Crippen LogP contribution in [0, 0.1) is 16.2 Å². The summed E-state index contributed by atoms with van der Waals surface area (Å²) < 4.78 is 58.8. The molecule has 0 bridgehead atoms. The lowest BCUT2D eigenvalue weighted by Gasteiger charge is -2.35. The quantitative estimate of drug-likeness (QED) is 0.184. The number of carbonyl (C=O) groups excluding carboxylic acids is 1. The van der Waals surface area contributed by atoms with E-state index in [2.05, 4.69) is 0 Å². The average molecular weight is 561 g/mol. The molecular formula is C32H39F3O5. The zero-order valence-electron chi connectivity index (χ0n) is 24.3. The van der Waals surface area contributed by atoms with Crippen molar-refractivity contribution in [1.29, 1.82) is 0 Å². The maximum Gasteiger partial charge on any atom is 0.400 e. The Morgan fingerprint density at radius 3 is 2.17 bits per heavy atom. The number of carbonyl (C=O) groups is 1. The van der Waals surface area contributed by atoms with Crippen LogP contribution in [0.5, 0.6) is 5.75 Å². The summed E-state index contributed by atoms with van der Waals surface area (Å²) in [5.74, 6) is -0.557. The van der Waals surface area contributed by atoms with E-state index in [0.717, 1.165) is 24.5 Å². The van der Waals surface area contributed by atoms with Crippen LogP contribution in [0.25, 0.3) is 22.1 Å². The van der Waals surface area contributed by atoms with Crippen molar-refractivity contribution in [3.8, 4) is 16.9 Å². The molecule has 1 heterocycles. The number of rotatable bonds is 10. The Morgan fingerprint density at radius 1 is 0.900 bits per heavy atom. The number of ether oxygens (including phenoxy) is 2. The molecule has 0 fully saturated rings. The molecule has 2 aromatic carbocycles. The normalized spacial score (nSPS) is 15.3. The summed E-state index contributed by atoms with van der Waals surface area (Å²) in [5, 5.41) is 0.609. The fraction of sp³-hybridized carbons (Fsp3) is 0.500. The number of hydrogen-bond donors (Lipinski definition) is 0. The molecule has 2 atom stereocenters. The molecule has 1 aromatic heterocycles. The molecule has 0 N–H and O–H groups in total. The van der Waals surface area contributed by atoms with Gasteiger partial charge in [0.2, 0.25) is 0 Å². The molecule has 218 valence electrons. The summed E-state index contributed by atoms with van der Waals surface area (Å²) in [6.45, 7) is 10.7. The second kappa shape index (κ2) is 11.7. The average Bonchev–Trinajstić information content (AvgIpc) is 2.88. The van der Waals surface area contributed by atoms with Gasteiger partial charge in [-0.2, -0.15) is 13.2 Å². The van der Waals surface area contributed by atoms with Gasteiger partial charge < -0.3 is 13.9 Å². The minimum absolute atomic E-state index is 0.102. The molecule has 3 rings (SSSR count). The predicted octanol–water partition coefficient (Wildman–Crippen LogP) is 8.37. The highest BCUT2D eigenvalue weighted by atomic mass is 19.4. The Morgan fingerprint density at radius 2 is 1.57 bits per heavy atom. The van der Waals surface area contributed by atoms with E-state index in [4.69, 9.17) is 13.9 Å². The molecule has 40 heavy (non-hydrogen) atoms. The van der Waals surface area contributed by atoms with E-state index in [0.29, 0.717) is 23.8 Å². The molecule has 0 aliphatic heterocycles. The van der Waals surface area contributed by atoms with Crippen LogP contribution >= 0.6 is 0 Å². The van der Waals surface area contributed by atoms with Crippen LogP contribution in [-0.2, 0) is 16.0 Å². The van der Waals surface area contributed by atoms with E-state index in [-0.39, 0.29) is 16.7 Å². The van der Waals surface area contributed by atoms with Crippen LogP contribution in [0.1, 0.15) is 66.9 Å². The van der Waals surface area contributed by atoms with Gasteiger partial charge in [-0.05, 0) is 67.9 Å². The summed E-state index contributed by atoms with van der Waals surface area (Å²) in [5.41, 5.74) is -1.73. The molecule has 3 aromatic rings. The zero-order valence-corrected chi connectivity index (χ0v) is 24.3. The Bertz CT molecular complexity index is 1400. The van der Waals surface area contributed by atoms with Crippen molar-refractivity contribution in [3.63, 3.8) is 0 Å². The van der Waals surface area contributed by atoms with Crippen LogP contribution in [0.4, 0.5) is 13.2 Å². The summed E-state index contributed by atoms with van der Waals surface area (Å²) in [6.07, 6.45) is -3.05. The van der Waals surface area contributed by atoms with Gasteiger partial charge in [0.25, 0.3) is 0 Å². The van der Waals surface area contributed by atoms with E-state index < -0.39 is 41.8 Å². The van der Waals surface area contributed by atoms with Gasteiger partial charge in [-0.15, -0.1) is 0 Å². The molecule has 2 unspecified atom stereocenters. The minimum Gasteiger partial charge on any atom is -0.492 e. The first kappa shape index (κ1) is 31.2. The minimum atomic E-state index is -4.70. The lowest BCUT2D eigenvalue weighted by atomic mass is 9.73. The second-order valence-electron chi connectivity index (χ2n) is 12.2. The molecule has 0 aliphatic rings. The number of alkyl halides is 3. The van der Waals surface area contributed by atoms with Crippen LogP contribution in [-0.4, -0.2) is 25.4 Å². The third-order valence-corrected chi connectivity index (χ3v) is 7.35. The fourth-order valence-corrected chi connectivity index (χ4v) is 4.82. The number of halogens is 3. The summed E-state index contributed by atoms with van der Waals surface area (Å²) >= 11 is 0. The lowest BCUT2D eigenvalue weighted by molar-refractivity contribution is -0.242. The zero-order chi connectivity index (χ0) is 29.9. The highest BCUT2D eigenvalue weighted by Gasteiger charge is 2.53. The van der Waals surface area contributed by atoms with Crippen LogP contribution in [0.3, 0.4) is 0 Å². The maximum absolute atomic E-state index is 14.1. The molecule has 5 nitrogen and oxygen atoms in total. The predicted molar refractivity (Wildman–Crippen MR) is 150 cm³/mol. The van der Waals surface area contributed by atoms with Gasteiger partial charge in [0, 0.05) is 11.5 Å². The highest BCUT2D eigenvalue weighted by molar-refractivity contribution is 5.83. The van der Waals surface area contributed by atoms with E-state index in [9.17, 15) is 22.8 Å². The molecule has 8 heteroatoms. The topological polar surface area (TPSA) is 65.7 Å². The standard InChI is InChI=1S/C32H39F3O5/c1-8-21-12-10-11-13-24(21)25-16-22-14-15-23(17-26(22)40-27(25)36)38-19-31(7,32(33,34)35)20-39-28(37)30(6,9-2)18-29(3,4)5/h10-17H,8-9,18-20H2,1-7H3. The first-order chi connectivity index (χ1) is 18.5. The van der Waals surface area contributed by atoms with Crippen molar-refractivity contribution in [1.82, 2.24) is 0 Å². The van der Waals surface area contributed by atoms with Crippen molar-refractivity contribution in [2.45, 2.75) is 73.9 Å². The van der Waals surface area contributed by atoms with E-state index in [1.807, 2.05) is 58.9 Å². The smallest absolute Gasteiger partial charge is 0.400 e. The van der Waals surface area contributed by atoms with Crippen molar-refractivity contribution < 1.29 is 31.9 Å². The summed E-state index contributed by atoms with van der Waals surface area (Å²) in [7, 11) is 0. The highest BCUT2D eigenvalue weighted by Crippen LogP contribution is 2.41. The number of fused-ring (bicyclic) bond motifs is 1. The SMILES string of the molecule is CCc1ccccc1-c1cc2ccc(OCC(C)(COC(=O)C(C)(CC)CC(C)(C)C)C(F)(F)F)cc2oc1=O. The Kier molecular flexibility index (Phi) is 9.12. The maximum atomic E-state index is 14.1. The van der Waals surface area contributed by atoms with E-state index in [1.165, 1.54) is 12.1 Å². The van der Waals surface area contributed by atoms with Crippen LogP contribution in [0.15, 0.2) is 57.7 Å². The number of benzene rings is 2. The Hall–Kier alpha value is -3.29. The molecule has 0 amide bonds. The number of esters is 1. The third-order valence-electron chi connectivity index (χ3n) is 7.35. The van der Waals surface area contributed by atoms with Crippen molar-refractivity contribution >= 4 is 16.9 Å². The Labute approximate surface area is 233 Å². The van der Waals surface area contributed by atoms with Gasteiger partial charge >= 0.3 is 17.8 Å². The summed E-state index contributed by atoms with van der Waals surface area (Å²) in [6, 6.07) is 13.8. The largest absolute Gasteiger partial charge is 0.492 e. The van der Waals surface area contributed by atoms with Crippen molar-refractivity contribution in [3.05, 3.63) is 64.5 Å². The van der Waals surface area contributed by atoms with Crippen molar-refractivity contribution in [2.24, 2.45) is 16.2 Å². The number of hydrogen-bond acceptors (Lipinski definition) is 5. The molecule has 0 saturated carbocycles. The van der Waals surface area contributed by atoms with Gasteiger partial charge in [0.05, 0.1) is 11.0 Å². The molecule has 0 saturated heterocycles. The monoisotopic (exact) mass is 560 g/mol. The van der Waals surface area contributed by atoms with Gasteiger partial charge in [-0.3, -0.25) is 4.79 Å². The first-order valence-corrected chi connectivity index (χ1v) is 13.5. The lowest BCUT2D eigenvalue weighted by Crippen LogP contribution is -2.46. The Balaban J connectivity index is 1.81. The fourth-order valence-electron chi connectivity index (χ4n) is 4.82. The van der Waals surface area contributed by atoms with Crippen molar-refractivity contribution in [2.75, 3.05) is 13.2 Å². The number of aryl methyl sites for hydroxylation is 1. The molecule has 0 spiro atoms. The third kappa shape index (κ3) is 7.07. The van der Waals surface area contributed by atoms with E-state index >= 15 is 0 Å².